The van der Waals surface area contributed by atoms with Crippen molar-refractivity contribution in [2.75, 3.05) is 13.2 Å². The van der Waals surface area contributed by atoms with Gasteiger partial charge in [0.2, 0.25) is 0 Å². The Morgan fingerprint density at radius 3 is 2.47 bits per heavy atom. The van der Waals surface area contributed by atoms with E-state index in [4.69, 9.17) is 19.7 Å². The largest absolute Gasteiger partial charge is 0.480 e. The second kappa shape index (κ2) is 4.08. The molecule has 1 aliphatic heterocycles. The number of benzene rings is 1. The van der Waals surface area contributed by atoms with Crippen molar-refractivity contribution >= 4 is 0 Å². The summed E-state index contributed by atoms with van der Waals surface area (Å²) in [7, 11) is 0. The molecule has 0 amide bonds. The molecule has 2 rings (SSSR count). The van der Waals surface area contributed by atoms with E-state index in [1.54, 1.807) is 6.07 Å². The Hall–Kier alpha value is -1.26. The third kappa shape index (κ3) is 1.78. The molecule has 0 radical (unpaired) electrons. The molecule has 0 fully saturated rings. The molecule has 0 saturated carbocycles. The van der Waals surface area contributed by atoms with E-state index in [1.165, 1.54) is 0 Å². The molecule has 0 aromatic heterocycles. The molecule has 0 saturated heterocycles. The van der Waals surface area contributed by atoms with Crippen LogP contribution < -0.4 is 9.47 Å². The number of aliphatic hydroxyl groups is 2. The fourth-order valence-electron chi connectivity index (χ4n) is 1.65. The first-order valence-corrected chi connectivity index (χ1v) is 4.91. The molecule has 0 aliphatic carbocycles. The van der Waals surface area contributed by atoms with Crippen LogP contribution in [0.5, 0.6) is 11.5 Å². The molecule has 1 aromatic rings. The maximum atomic E-state index is 9.09. The fraction of sp³-hybridized carbons (Fsp3) is 0.455. The standard InChI is InChI=1S/C11H14O4/c1-7-3-2-4-8-11(7)15-10(6-13)9(5-12)14-8/h2-4,9-10,12-13H,5-6H2,1H3/t9-,10-/m0/s1. The molecule has 82 valence electrons. The molecule has 4 nitrogen and oxygen atoms in total. The molecule has 1 aromatic carbocycles. The maximum absolute atomic E-state index is 9.09. The summed E-state index contributed by atoms with van der Waals surface area (Å²) in [6.07, 6.45) is -0.993. The normalized spacial score (nSPS) is 23.9. The Morgan fingerprint density at radius 2 is 1.80 bits per heavy atom. The number of hydrogen-bond acceptors (Lipinski definition) is 4. The zero-order valence-corrected chi connectivity index (χ0v) is 8.51. The third-order valence-electron chi connectivity index (χ3n) is 2.50. The van der Waals surface area contributed by atoms with E-state index in [-0.39, 0.29) is 13.2 Å². The summed E-state index contributed by atoms with van der Waals surface area (Å²) in [5.41, 5.74) is 0.960. The Labute approximate surface area is 88.1 Å². The monoisotopic (exact) mass is 210 g/mol. The van der Waals surface area contributed by atoms with Gasteiger partial charge in [-0.2, -0.15) is 0 Å². The molecular weight excluding hydrogens is 196 g/mol. The fourth-order valence-corrected chi connectivity index (χ4v) is 1.65. The summed E-state index contributed by atoms with van der Waals surface area (Å²) < 4.78 is 11.1. The van der Waals surface area contributed by atoms with Gasteiger partial charge >= 0.3 is 0 Å². The van der Waals surface area contributed by atoms with E-state index in [1.807, 2.05) is 19.1 Å². The minimum absolute atomic E-state index is 0.168. The summed E-state index contributed by atoms with van der Waals surface area (Å²) in [5.74, 6) is 1.28. The lowest BCUT2D eigenvalue weighted by Gasteiger charge is -2.32. The van der Waals surface area contributed by atoms with Gasteiger partial charge < -0.3 is 19.7 Å². The van der Waals surface area contributed by atoms with Crippen LogP contribution >= 0.6 is 0 Å². The second-order valence-electron chi connectivity index (χ2n) is 3.58. The Bertz CT molecular complexity index is 350. The van der Waals surface area contributed by atoms with Crippen LogP contribution in [0, 0.1) is 6.92 Å². The van der Waals surface area contributed by atoms with Gasteiger partial charge in [0, 0.05) is 0 Å². The topological polar surface area (TPSA) is 58.9 Å². The third-order valence-corrected chi connectivity index (χ3v) is 2.50. The molecule has 15 heavy (non-hydrogen) atoms. The first-order valence-electron chi connectivity index (χ1n) is 4.91. The van der Waals surface area contributed by atoms with Crippen molar-refractivity contribution in [2.45, 2.75) is 19.1 Å². The van der Waals surface area contributed by atoms with E-state index >= 15 is 0 Å². The van der Waals surface area contributed by atoms with Crippen molar-refractivity contribution in [1.82, 2.24) is 0 Å². The molecule has 1 aliphatic rings. The van der Waals surface area contributed by atoms with Crippen LogP contribution in [0.1, 0.15) is 5.56 Å². The summed E-state index contributed by atoms with van der Waals surface area (Å²) in [6, 6.07) is 5.57. The summed E-state index contributed by atoms with van der Waals surface area (Å²) in [6.45, 7) is 1.58. The quantitative estimate of drug-likeness (QED) is 0.745. The zero-order chi connectivity index (χ0) is 10.8. The minimum Gasteiger partial charge on any atom is -0.480 e. The molecule has 0 spiro atoms. The van der Waals surface area contributed by atoms with Crippen molar-refractivity contribution in [1.29, 1.82) is 0 Å². The lowest BCUT2D eigenvalue weighted by Crippen LogP contribution is -2.44. The van der Waals surface area contributed by atoms with E-state index in [0.717, 1.165) is 5.56 Å². The zero-order valence-electron chi connectivity index (χ0n) is 8.51. The van der Waals surface area contributed by atoms with Crippen LogP contribution in [0.2, 0.25) is 0 Å². The summed E-state index contributed by atoms with van der Waals surface area (Å²) >= 11 is 0. The van der Waals surface area contributed by atoms with Crippen molar-refractivity contribution in [2.24, 2.45) is 0 Å². The predicted molar refractivity (Wildman–Crippen MR) is 54.2 cm³/mol. The molecule has 0 unspecified atom stereocenters. The number of hydrogen-bond donors (Lipinski definition) is 2. The number of ether oxygens (including phenoxy) is 2. The average Bonchev–Trinajstić information content (AvgIpc) is 2.28. The summed E-state index contributed by atoms with van der Waals surface area (Å²) in [5, 5.41) is 18.2. The number of para-hydroxylation sites is 1. The highest BCUT2D eigenvalue weighted by Crippen LogP contribution is 2.36. The van der Waals surface area contributed by atoms with Crippen LogP contribution in [0.3, 0.4) is 0 Å². The van der Waals surface area contributed by atoms with Crippen LogP contribution in [0.25, 0.3) is 0 Å². The van der Waals surface area contributed by atoms with Crippen LogP contribution in [0.15, 0.2) is 18.2 Å². The number of aryl methyl sites for hydroxylation is 1. The van der Waals surface area contributed by atoms with Gasteiger partial charge in [-0.05, 0) is 18.6 Å². The highest BCUT2D eigenvalue weighted by Gasteiger charge is 2.31. The second-order valence-corrected chi connectivity index (χ2v) is 3.58. The van der Waals surface area contributed by atoms with E-state index in [0.29, 0.717) is 11.5 Å². The summed E-state index contributed by atoms with van der Waals surface area (Å²) in [4.78, 5) is 0. The van der Waals surface area contributed by atoms with Crippen molar-refractivity contribution in [3.63, 3.8) is 0 Å². The molecular formula is C11H14O4. The molecule has 4 heteroatoms. The van der Waals surface area contributed by atoms with E-state index in [2.05, 4.69) is 0 Å². The molecule has 1 heterocycles. The van der Waals surface area contributed by atoms with Gasteiger partial charge in [0.15, 0.2) is 23.7 Å². The van der Waals surface area contributed by atoms with Gasteiger partial charge in [-0.3, -0.25) is 0 Å². The number of rotatable bonds is 2. The van der Waals surface area contributed by atoms with Gasteiger partial charge in [-0.1, -0.05) is 12.1 Å². The van der Waals surface area contributed by atoms with Crippen LogP contribution in [-0.2, 0) is 0 Å². The molecule has 2 N–H and O–H groups in total. The Balaban J connectivity index is 2.33. The lowest BCUT2D eigenvalue weighted by atomic mass is 10.1. The van der Waals surface area contributed by atoms with Gasteiger partial charge in [0.1, 0.15) is 0 Å². The van der Waals surface area contributed by atoms with Gasteiger partial charge in [0.05, 0.1) is 13.2 Å². The predicted octanol–water partition coefficient (Wildman–Crippen LogP) is 0.488. The van der Waals surface area contributed by atoms with Crippen molar-refractivity contribution < 1.29 is 19.7 Å². The highest BCUT2D eigenvalue weighted by molar-refractivity contribution is 5.47. The SMILES string of the molecule is Cc1cccc2c1O[C@@H](CO)[C@H](CO)O2. The first kappa shape index (κ1) is 10.3. The van der Waals surface area contributed by atoms with Crippen molar-refractivity contribution in [3.05, 3.63) is 23.8 Å². The van der Waals surface area contributed by atoms with E-state index in [9.17, 15) is 0 Å². The smallest absolute Gasteiger partial charge is 0.164 e. The Morgan fingerprint density at radius 1 is 1.13 bits per heavy atom. The van der Waals surface area contributed by atoms with E-state index < -0.39 is 12.2 Å². The average molecular weight is 210 g/mol. The first-order chi connectivity index (χ1) is 7.26. The minimum atomic E-state index is -0.497. The number of aliphatic hydroxyl groups excluding tert-OH is 2. The molecule has 2 atom stereocenters. The number of fused-ring (bicyclic) bond motifs is 1. The highest BCUT2D eigenvalue weighted by atomic mass is 16.6. The van der Waals surface area contributed by atoms with Gasteiger partial charge in [-0.25, -0.2) is 0 Å². The molecule has 0 bridgehead atoms. The lowest BCUT2D eigenvalue weighted by molar-refractivity contribution is -0.0354. The van der Waals surface area contributed by atoms with Crippen LogP contribution in [0.4, 0.5) is 0 Å². The maximum Gasteiger partial charge on any atom is 0.164 e. The Kier molecular flexibility index (Phi) is 2.79. The van der Waals surface area contributed by atoms with Gasteiger partial charge in [-0.15, -0.1) is 0 Å². The van der Waals surface area contributed by atoms with Crippen molar-refractivity contribution in [3.8, 4) is 11.5 Å². The van der Waals surface area contributed by atoms with Crippen LogP contribution in [-0.4, -0.2) is 35.6 Å². The van der Waals surface area contributed by atoms with Gasteiger partial charge in [0.25, 0.3) is 0 Å².